The van der Waals surface area contributed by atoms with Crippen molar-refractivity contribution in [3.63, 3.8) is 0 Å². The maximum absolute atomic E-state index is 8.89. The molecule has 0 heterocycles. The molecule has 0 bridgehead atoms. The van der Waals surface area contributed by atoms with E-state index in [2.05, 4.69) is 0 Å². The molecule has 0 saturated heterocycles. The molecular weight excluding hydrogens is 226 g/mol. The highest BCUT2D eigenvalue weighted by Crippen LogP contribution is 2.25. The van der Waals surface area contributed by atoms with Gasteiger partial charge in [0.25, 0.3) is 0 Å². The SMILES string of the molecule is CCCOCCOc1cccc(Cl)c1C#N. The van der Waals surface area contributed by atoms with Crippen LogP contribution >= 0.6 is 11.6 Å². The van der Waals surface area contributed by atoms with Crippen molar-refractivity contribution in [1.82, 2.24) is 0 Å². The Morgan fingerprint density at radius 1 is 1.31 bits per heavy atom. The van der Waals surface area contributed by atoms with Crippen molar-refractivity contribution < 1.29 is 9.47 Å². The van der Waals surface area contributed by atoms with Gasteiger partial charge < -0.3 is 9.47 Å². The van der Waals surface area contributed by atoms with Gasteiger partial charge in [-0.25, -0.2) is 0 Å². The Kier molecular flexibility index (Phi) is 5.69. The molecule has 0 atom stereocenters. The lowest BCUT2D eigenvalue weighted by atomic mass is 10.2. The van der Waals surface area contributed by atoms with Crippen molar-refractivity contribution >= 4 is 11.6 Å². The molecule has 0 aliphatic heterocycles. The minimum Gasteiger partial charge on any atom is -0.490 e. The first-order valence-corrected chi connectivity index (χ1v) is 5.56. The Hall–Kier alpha value is -1.24. The summed E-state index contributed by atoms with van der Waals surface area (Å²) in [4.78, 5) is 0. The summed E-state index contributed by atoms with van der Waals surface area (Å²) in [6.45, 7) is 3.72. The fraction of sp³-hybridized carbons (Fsp3) is 0.417. The highest BCUT2D eigenvalue weighted by atomic mass is 35.5. The summed E-state index contributed by atoms with van der Waals surface area (Å²) in [5.74, 6) is 0.509. The number of hydrogen-bond donors (Lipinski definition) is 0. The lowest BCUT2D eigenvalue weighted by Gasteiger charge is -2.08. The molecule has 0 radical (unpaired) electrons. The van der Waals surface area contributed by atoms with Gasteiger partial charge in [-0.3, -0.25) is 0 Å². The van der Waals surface area contributed by atoms with Crippen LogP contribution in [0.15, 0.2) is 18.2 Å². The van der Waals surface area contributed by atoms with Gasteiger partial charge in [0.1, 0.15) is 24.0 Å². The Balaban J connectivity index is 2.48. The molecule has 0 unspecified atom stereocenters. The first-order chi connectivity index (χ1) is 7.79. The number of ether oxygens (including phenoxy) is 2. The van der Waals surface area contributed by atoms with Gasteiger partial charge in [0.15, 0.2) is 0 Å². The van der Waals surface area contributed by atoms with Crippen LogP contribution in [0.25, 0.3) is 0 Å². The normalized spacial score (nSPS) is 9.81. The summed E-state index contributed by atoms with van der Waals surface area (Å²) in [5, 5.41) is 9.31. The minimum atomic E-state index is 0.375. The van der Waals surface area contributed by atoms with Crippen molar-refractivity contribution in [3.8, 4) is 11.8 Å². The van der Waals surface area contributed by atoms with E-state index in [1.807, 2.05) is 13.0 Å². The first kappa shape index (κ1) is 12.8. The van der Waals surface area contributed by atoms with Crippen LogP contribution in [0, 0.1) is 11.3 Å². The Bertz CT molecular complexity index is 374. The van der Waals surface area contributed by atoms with Crippen molar-refractivity contribution in [2.24, 2.45) is 0 Å². The van der Waals surface area contributed by atoms with Crippen molar-refractivity contribution in [2.75, 3.05) is 19.8 Å². The minimum absolute atomic E-state index is 0.375. The third-order valence-corrected chi connectivity index (χ3v) is 2.24. The molecule has 0 aliphatic carbocycles. The summed E-state index contributed by atoms with van der Waals surface area (Å²) >= 11 is 5.86. The fourth-order valence-corrected chi connectivity index (χ4v) is 1.40. The van der Waals surface area contributed by atoms with Crippen LogP contribution in [0.4, 0.5) is 0 Å². The fourth-order valence-electron chi connectivity index (χ4n) is 1.19. The van der Waals surface area contributed by atoms with Gasteiger partial charge in [-0.05, 0) is 18.6 Å². The van der Waals surface area contributed by atoms with Crippen LogP contribution < -0.4 is 4.74 Å². The van der Waals surface area contributed by atoms with Gasteiger partial charge in [0, 0.05) is 6.61 Å². The van der Waals surface area contributed by atoms with Crippen LogP contribution in [-0.2, 0) is 4.74 Å². The zero-order chi connectivity index (χ0) is 11.8. The van der Waals surface area contributed by atoms with Crippen LogP contribution in [0.3, 0.4) is 0 Å². The van der Waals surface area contributed by atoms with E-state index in [9.17, 15) is 0 Å². The highest BCUT2D eigenvalue weighted by molar-refractivity contribution is 6.31. The largest absolute Gasteiger partial charge is 0.490 e. The molecule has 3 nitrogen and oxygen atoms in total. The molecule has 0 fully saturated rings. The van der Waals surface area contributed by atoms with Crippen LogP contribution in [0.2, 0.25) is 5.02 Å². The number of rotatable bonds is 6. The van der Waals surface area contributed by atoms with E-state index < -0.39 is 0 Å². The summed E-state index contributed by atoms with van der Waals surface area (Å²) in [6, 6.07) is 7.17. The predicted molar refractivity (Wildman–Crippen MR) is 62.8 cm³/mol. The molecule has 1 rings (SSSR count). The molecule has 0 spiro atoms. The molecule has 0 N–H and O–H groups in total. The zero-order valence-electron chi connectivity index (χ0n) is 9.20. The summed E-state index contributed by atoms with van der Waals surface area (Å²) in [7, 11) is 0. The maximum atomic E-state index is 8.89. The van der Waals surface area contributed by atoms with E-state index in [0.29, 0.717) is 29.5 Å². The lowest BCUT2D eigenvalue weighted by Crippen LogP contribution is -2.07. The van der Waals surface area contributed by atoms with Gasteiger partial charge in [0.2, 0.25) is 0 Å². The molecule has 0 aliphatic rings. The van der Waals surface area contributed by atoms with Crippen LogP contribution in [0.1, 0.15) is 18.9 Å². The van der Waals surface area contributed by atoms with E-state index in [0.717, 1.165) is 13.0 Å². The van der Waals surface area contributed by atoms with Crippen molar-refractivity contribution in [2.45, 2.75) is 13.3 Å². The third kappa shape index (κ3) is 3.73. The number of nitriles is 1. The number of halogens is 1. The van der Waals surface area contributed by atoms with Gasteiger partial charge in [-0.2, -0.15) is 5.26 Å². The molecule has 4 heteroatoms. The van der Waals surface area contributed by atoms with Gasteiger partial charge >= 0.3 is 0 Å². The third-order valence-electron chi connectivity index (χ3n) is 1.92. The quantitative estimate of drug-likeness (QED) is 0.717. The summed E-state index contributed by atoms with van der Waals surface area (Å²) < 4.78 is 10.7. The molecular formula is C12H14ClNO2. The molecule has 0 saturated carbocycles. The molecule has 0 amide bonds. The molecule has 0 aromatic heterocycles. The monoisotopic (exact) mass is 239 g/mol. The van der Waals surface area contributed by atoms with E-state index in [4.69, 9.17) is 26.3 Å². The molecule has 1 aromatic carbocycles. The van der Waals surface area contributed by atoms with Crippen molar-refractivity contribution in [1.29, 1.82) is 5.26 Å². The highest BCUT2D eigenvalue weighted by Gasteiger charge is 2.06. The predicted octanol–water partition coefficient (Wildman–Crippen LogP) is 3.02. The number of nitrogens with zero attached hydrogens (tertiary/aromatic N) is 1. The topological polar surface area (TPSA) is 42.2 Å². The average Bonchev–Trinajstić information content (AvgIpc) is 2.29. The van der Waals surface area contributed by atoms with E-state index in [-0.39, 0.29) is 0 Å². The van der Waals surface area contributed by atoms with E-state index >= 15 is 0 Å². The Morgan fingerprint density at radius 3 is 2.81 bits per heavy atom. The van der Waals surface area contributed by atoms with E-state index in [1.54, 1.807) is 18.2 Å². The maximum Gasteiger partial charge on any atom is 0.138 e. The molecule has 16 heavy (non-hydrogen) atoms. The first-order valence-electron chi connectivity index (χ1n) is 5.18. The molecule has 86 valence electrons. The van der Waals surface area contributed by atoms with Crippen molar-refractivity contribution in [3.05, 3.63) is 28.8 Å². The zero-order valence-corrected chi connectivity index (χ0v) is 9.96. The Labute approximate surface area is 101 Å². The van der Waals surface area contributed by atoms with Gasteiger partial charge in [0.05, 0.1) is 11.6 Å². The average molecular weight is 240 g/mol. The van der Waals surface area contributed by atoms with Crippen LogP contribution in [-0.4, -0.2) is 19.8 Å². The lowest BCUT2D eigenvalue weighted by molar-refractivity contribution is 0.100. The number of benzene rings is 1. The van der Waals surface area contributed by atoms with Crippen LogP contribution in [0.5, 0.6) is 5.75 Å². The number of hydrogen-bond acceptors (Lipinski definition) is 3. The smallest absolute Gasteiger partial charge is 0.138 e. The second kappa shape index (κ2) is 7.10. The summed E-state index contributed by atoms with van der Waals surface area (Å²) in [6.07, 6.45) is 0.987. The molecule has 1 aromatic rings. The Morgan fingerprint density at radius 2 is 2.12 bits per heavy atom. The second-order valence-corrected chi connectivity index (χ2v) is 3.59. The summed E-state index contributed by atoms with van der Waals surface area (Å²) in [5.41, 5.74) is 0.375. The van der Waals surface area contributed by atoms with Gasteiger partial charge in [-0.1, -0.05) is 24.6 Å². The van der Waals surface area contributed by atoms with E-state index in [1.165, 1.54) is 0 Å². The standard InChI is InChI=1S/C12H14ClNO2/c1-2-6-15-7-8-16-12-5-3-4-11(13)10(12)9-14/h3-5H,2,6-8H2,1H3. The van der Waals surface area contributed by atoms with Gasteiger partial charge in [-0.15, -0.1) is 0 Å². The second-order valence-electron chi connectivity index (χ2n) is 3.19.